The number of nitrogens with one attached hydrogen (secondary N) is 1. The number of rotatable bonds is 5. The number of carbonyl (C=O) groups is 1. The van der Waals surface area contributed by atoms with E-state index in [0.29, 0.717) is 12.2 Å². The molecular weight excluding hydrogens is 378 g/mol. The van der Waals surface area contributed by atoms with Gasteiger partial charge in [0.2, 0.25) is 0 Å². The van der Waals surface area contributed by atoms with E-state index in [1.807, 2.05) is 67.6 Å². The summed E-state index contributed by atoms with van der Waals surface area (Å²) < 4.78 is 6.60. The minimum absolute atomic E-state index is 0.154. The van der Waals surface area contributed by atoms with Crippen molar-refractivity contribution in [1.82, 2.24) is 0 Å². The molecular formula is C21H18BrNO2. The highest BCUT2D eigenvalue weighted by atomic mass is 79.9. The van der Waals surface area contributed by atoms with Crippen molar-refractivity contribution in [2.45, 2.75) is 13.5 Å². The average molecular weight is 396 g/mol. The maximum Gasteiger partial charge on any atom is 0.255 e. The van der Waals surface area contributed by atoms with Crippen LogP contribution in [0.3, 0.4) is 0 Å². The summed E-state index contributed by atoms with van der Waals surface area (Å²) in [7, 11) is 0. The van der Waals surface area contributed by atoms with Gasteiger partial charge in [0.05, 0.1) is 5.69 Å². The van der Waals surface area contributed by atoms with E-state index in [1.54, 1.807) is 12.1 Å². The van der Waals surface area contributed by atoms with E-state index in [-0.39, 0.29) is 5.91 Å². The van der Waals surface area contributed by atoms with Gasteiger partial charge in [-0.2, -0.15) is 0 Å². The Morgan fingerprint density at radius 2 is 1.72 bits per heavy atom. The summed E-state index contributed by atoms with van der Waals surface area (Å²) in [5.41, 5.74) is 3.57. The van der Waals surface area contributed by atoms with Crippen LogP contribution in [0.15, 0.2) is 77.3 Å². The van der Waals surface area contributed by atoms with Crippen LogP contribution in [0.2, 0.25) is 0 Å². The molecule has 0 atom stereocenters. The molecule has 0 unspecified atom stereocenters. The molecule has 1 N–H and O–H groups in total. The number of hydrogen-bond donors (Lipinski definition) is 1. The molecule has 0 radical (unpaired) electrons. The number of hydrogen-bond acceptors (Lipinski definition) is 2. The number of ether oxygens (including phenoxy) is 1. The number of carbonyl (C=O) groups excluding carboxylic acids is 1. The first-order valence-electron chi connectivity index (χ1n) is 7.96. The predicted molar refractivity (Wildman–Crippen MR) is 104 cm³/mol. The summed E-state index contributed by atoms with van der Waals surface area (Å²) in [5, 5.41) is 2.90. The fourth-order valence-electron chi connectivity index (χ4n) is 2.36. The molecule has 0 spiro atoms. The zero-order valence-corrected chi connectivity index (χ0v) is 15.4. The van der Waals surface area contributed by atoms with Crippen LogP contribution in [0, 0.1) is 6.92 Å². The van der Waals surface area contributed by atoms with E-state index < -0.39 is 0 Å². The van der Waals surface area contributed by atoms with Crippen molar-refractivity contribution < 1.29 is 9.53 Å². The second-order valence-electron chi connectivity index (χ2n) is 5.74. The van der Waals surface area contributed by atoms with E-state index in [2.05, 4.69) is 21.2 Å². The van der Waals surface area contributed by atoms with Gasteiger partial charge in [-0.3, -0.25) is 4.79 Å². The maximum absolute atomic E-state index is 12.4. The molecule has 1 amide bonds. The second kappa shape index (κ2) is 7.99. The van der Waals surface area contributed by atoms with Crippen LogP contribution in [0.5, 0.6) is 5.75 Å². The van der Waals surface area contributed by atoms with E-state index in [4.69, 9.17) is 4.74 Å². The monoisotopic (exact) mass is 395 g/mol. The third-order valence-corrected chi connectivity index (χ3v) is 4.39. The molecule has 0 aliphatic rings. The number of benzene rings is 3. The standard InChI is InChI=1S/C21H18BrNO2/c1-15-7-12-20(19(22)13-15)23-21(24)17-8-10-18(11-9-17)25-14-16-5-3-2-4-6-16/h2-13H,14H2,1H3,(H,23,24). The van der Waals surface area contributed by atoms with E-state index in [9.17, 15) is 4.79 Å². The van der Waals surface area contributed by atoms with Crippen LogP contribution in [0.4, 0.5) is 5.69 Å². The Kier molecular flexibility index (Phi) is 5.51. The molecule has 0 saturated carbocycles. The van der Waals surface area contributed by atoms with Crippen molar-refractivity contribution in [2.75, 3.05) is 5.32 Å². The number of aryl methyl sites for hydroxylation is 1. The zero-order valence-electron chi connectivity index (χ0n) is 13.8. The summed E-state index contributed by atoms with van der Waals surface area (Å²) in [6, 6.07) is 22.9. The van der Waals surface area contributed by atoms with Gasteiger partial charge in [0.25, 0.3) is 5.91 Å². The summed E-state index contributed by atoms with van der Waals surface area (Å²) in [6.45, 7) is 2.51. The quantitative estimate of drug-likeness (QED) is 0.611. The summed E-state index contributed by atoms with van der Waals surface area (Å²) in [4.78, 5) is 12.4. The molecule has 0 saturated heterocycles. The Balaban J connectivity index is 1.62. The smallest absolute Gasteiger partial charge is 0.255 e. The third-order valence-electron chi connectivity index (χ3n) is 3.74. The first-order chi connectivity index (χ1) is 12.1. The number of anilines is 1. The Hall–Kier alpha value is -2.59. The molecule has 0 aliphatic heterocycles. The van der Waals surface area contributed by atoms with Crippen molar-refractivity contribution >= 4 is 27.5 Å². The molecule has 0 bridgehead atoms. The van der Waals surface area contributed by atoms with Gasteiger partial charge in [0.1, 0.15) is 12.4 Å². The van der Waals surface area contributed by atoms with Crippen LogP contribution in [-0.4, -0.2) is 5.91 Å². The fourth-order valence-corrected chi connectivity index (χ4v) is 2.95. The third kappa shape index (κ3) is 4.70. The molecule has 3 aromatic carbocycles. The van der Waals surface area contributed by atoms with E-state index in [0.717, 1.165) is 27.0 Å². The van der Waals surface area contributed by atoms with Crippen LogP contribution in [0.25, 0.3) is 0 Å². The lowest BCUT2D eigenvalue weighted by atomic mass is 10.2. The molecule has 0 aliphatic carbocycles. The lowest BCUT2D eigenvalue weighted by Crippen LogP contribution is -2.12. The van der Waals surface area contributed by atoms with Crippen molar-refractivity contribution in [3.63, 3.8) is 0 Å². The van der Waals surface area contributed by atoms with Gasteiger partial charge in [-0.1, -0.05) is 36.4 Å². The van der Waals surface area contributed by atoms with Gasteiger partial charge in [-0.05, 0) is 70.4 Å². The predicted octanol–water partition coefficient (Wildman–Crippen LogP) is 5.59. The highest BCUT2D eigenvalue weighted by Gasteiger charge is 2.08. The lowest BCUT2D eigenvalue weighted by molar-refractivity contribution is 0.102. The van der Waals surface area contributed by atoms with Crippen LogP contribution < -0.4 is 10.1 Å². The minimum atomic E-state index is -0.154. The van der Waals surface area contributed by atoms with Crippen molar-refractivity contribution in [2.24, 2.45) is 0 Å². The Bertz CT molecular complexity index is 861. The van der Waals surface area contributed by atoms with E-state index in [1.165, 1.54) is 0 Å². The second-order valence-corrected chi connectivity index (χ2v) is 6.59. The molecule has 0 fully saturated rings. The number of amides is 1. The van der Waals surface area contributed by atoms with Crippen molar-refractivity contribution in [3.05, 3.63) is 94.0 Å². The lowest BCUT2D eigenvalue weighted by Gasteiger charge is -2.09. The Morgan fingerprint density at radius 3 is 2.40 bits per heavy atom. The average Bonchev–Trinajstić information content (AvgIpc) is 2.63. The van der Waals surface area contributed by atoms with Crippen LogP contribution >= 0.6 is 15.9 Å². The first kappa shape index (κ1) is 17.2. The molecule has 25 heavy (non-hydrogen) atoms. The SMILES string of the molecule is Cc1ccc(NC(=O)c2ccc(OCc3ccccc3)cc2)c(Br)c1. The highest BCUT2D eigenvalue weighted by molar-refractivity contribution is 9.10. The van der Waals surface area contributed by atoms with Crippen LogP contribution in [-0.2, 0) is 6.61 Å². The van der Waals surface area contributed by atoms with E-state index >= 15 is 0 Å². The fraction of sp³-hybridized carbons (Fsp3) is 0.0952. The Labute approximate surface area is 155 Å². The van der Waals surface area contributed by atoms with Gasteiger partial charge in [0, 0.05) is 10.0 Å². The topological polar surface area (TPSA) is 38.3 Å². The molecule has 3 nitrogen and oxygen atoms in total. The molecule has 4 heteroatoms. The summed E-state index contributed by atoms with van der Waals surface area (Å²) in [5.74, 6) is 0.580. The largest absolute Gasteiger partial charge is 0.489 e. The van der Waals surface area contributed by atoms with Crippen molar-refractivity contribution in [3.8, 4) is 5.75 Å². The van der Waals surface area contributed by atoms with Gasteiger partial charge in [0.15, 0.2) is 0 Å². The molecule has 3 aromatic rings. The van der Waals surface area contributed by atoms with Gasteiger partial charge in [-0.15, -0.1) is 0 Å². The van der Waals surface area contributed by atoms with Gasteiger partial charge >= 0.3 is 0 Å². The first-order valence-corrected chi connectivity index (χ1v) is 8.75. The maximum atomic E-state index is 12.4. The van der Waals surface area contributed by atoms with Crippen molar-refractivity contribution in [1.29, 1.82) is 0 Å². The normalized spacial score (nSPS) is 10.3. The highest BCUT2D eigenvalue weighted by Crippen LogP contribution is 2.24. The molecule has 0 aromatic heterocycles. The number of halogens is 1. The van der Waals surface area contributed by atoms with Gasteiger partial charge < -0.3 is 10.1 Å². The molecule has 0 heterocycles. The summed E-state index contributed by atoms with van der Waals surface area (Å²) >= 11 is 3.47. The van der Waals surface area contributed by atoms with Gasteiger partial charge in [-0.25, -0.2) is 0 Å². The van der Waals surface area contributed by atoms with Crippen LogP contribution in [0.1, 0.15) is 21.5 Å². The molecule has 126 valence electrons. The Morgan fingerprint density at radius 1 is 1.00 bits per heavy atom. The molecule has 3 rings (SSSR count). The minimum Gasteiger partial charge on any atom is -0.489 e. The zero-order chi connectivity index (χ0) is 17.6. The summed E-state index contributed by atoms with van der Waals surface area (Å²) in [6.07, 6.45) is 0.